The number of benzene rings is 2. The topological polar surface area (TPSA) is 60.0 Å². The number of carbonyl (C=O) groups excluding carboxylic acids is 1. The molecule has 156 valence electrons. The lowest BCUT2D eigenvalue weighted by molar-refractivity contribution is 0.0931. The van der Waals surface area contributed by atoms with Crippen molar-refractivity contribution in [3.8, 4) is 17.2 Å². The molecule has 6 heteroatoms. The standard InChI is InChI=1S/C23H30N2O4/c1-27-19-9-7-18(8-10-19)16-25-13-11-17(12-14-25)15-24-23(26)20-5-4-6-21(28-2)22(20)29-3/h4-10,17H,11-16H2,1-3H3,(H,24,26). The molecule has 2 aromatic carbocycles. The van der Waals surface area contributed by atoms with Gasteiger partial charge in [0.1, 0.15) is 5.75 Å². The summed E-state index contributed by atoms with van der Waals surface area (Å²) in [5, 5.41) is 3.06. The molecule has 0 atom stereocenters. The Morgan fingerprint density at radius 1 is 1.00 bits per heavy atom. The van der Waals surface area contributed by atoms with Crippen LogP contribution in [0.15, 0.2) is 42.5 Å². The van der Waals surface area contributed by atoms with Crippen molar-refractivity contribution in [3.63, 3.8) is 0 Å². The quantitative estimate of drug-likeness (QED) is 0.739. The molecule has 0 radical (unpaired) electrons. The van der Waals surface area contributed by atoms with E-state index in [-0.39, 0.29) is 5.91 Å². The van der Waals surface area contributed by atoms with Crippen LogP contribution in [-0.4, -0.2) is 51.8 Å². The maximum absolute atomic E-state index is 12.6. The van der Waals surface area contributed by atoms with E-state index < -0.39 is 0 Å². The average Bonchev–Trinajstić information content (AvgIpc) is 2.78. The number of hydrogen-bond acceptors (Lipinski definition) is 5. The minimum atomic E-state index is -0.124. The maximum atomic E-state index is 12.6. The van der Waals surface area contributed by atoms with Crippen LogP contribution < -0.4 is 19.5 Å². The van der Waals surface area contributed by atoms with Crippen LogP contribution >= 0.6 is 0 Å². The molecular weight excluding hydrogens is 368 g/mol. The highest BCUT2D eigenvalue weighted by Crippen LogP contribution is 2.30. The van der Waals surface area contributed by atoms with Crippen molar-refractivity contribution >= 4 is 5.91 Å². The third kappa shape index (κ3) is 5.41. The molecular formula is C23H30N2O4. The van der Waals surface area contributed by atoms with Crippen LogP contribution in [0, 0.1) is 5.92 Å². The van der Waals surface area contributed by atoms with Crippen LogP contribution in [0.2, 0.25) is 0 Å². The van der Waals surface area contributed by atoms with E-state index in [4.69, 9.17) is 14.2 Å². The van der Waals surface area contributed by atoms with Gasteiger partial charge in [-0.15, -0.1) is 0 Å². The summed E-state index contributed by atoms with van der Waals surface area (Å²) in [4.78, 5) is 15.1. The first-order chi connectivity index (χ1) is 14.1. The zero-order valence-corrected chi connectivity index (χ0v) is 17.4. The molecule has 0 bridgehead atoms. The molecule has 1 N–H and O–H groups in total. The van der Waals surface area contributed by atoms with Gasteiger partial charge >= 0.3 is 0 Å². The largest absolute Gasteiger partial charge is 0.497 e. The molecule has 6 nitrogen and oxygen atoms in total. The van der Waals surface area contributed by atoms with E-state index >= 15 is 0 Å². The highest BCUT2D eigenvalue weighted by Gasteiger charge is 2.21. The fraction of sp³-hybridized carbons (Fsp3) is 0.435. The van der Waals surface area contributed by atoms with Crippen molar-refractivity contribution in [1.82, 2.24) is 10.2 Å². The van der Waals surface area contributed by atoms with Gasteiger partial charge in [-0.1, -0.05) is 18.2 Å². The van der Waals surface area contributed by atoms with Gasteiger partial charge in [-0.05, 0) is 61.7 Å². The lowest BCUT2D eigenvalue weighted by Gasteiger charge is -2.32. The number of likely N-dealkylation sites (tertiary alicyclic amines) is 1. The number of hydrogen-bond donors (Lipinski definition) is 1. The molecule has 1 aliphatic heterocycles. The summed E-state index contributed by atoms with van der Waals surface area (Å²) in [5.74, 6) is 2.29. The lowest BCUT2D eigenvalue weighted by atomic mass is 9.96. The lowest BCUT2D eigenvalue weighted by Crippen LogP contribution is -2.38. The van der Waals surface area contributed by atoms with Gasteiger partial charge in [0.2, 0.25) is 0 Å². The Hall–Kier alpha value is -2.73. The highest BCUT2D eigenvalue weighted by molar-refractivity contribution is 5.97. The van der Waals surface area contributed by atoms with E-state index in [1.54, 1.807) is 39.5 Å². The predicted molar refractivity (Wildman–Crippen MR) is 113 cm³/mol. The van der Waals surface area contributed by atoms with Gasteiger partial charge < -0.3 is 19.5 Å². The second-order valence-electron chi connectivity index (χ2n) is 7.32. The number of methoxy groups -OCH3 is 3. The zero-order chi connectivity index (χ0) is 20.6. The first-order valence-electron chi connectivity index (χ1n) is 9.99. The Labute approximate surface area is 172 Å². The fourth-order valence-electron chi connectivity index (χ4n) is 3.74. The Morgan fingerprint density at radius 2 is 1.72 bits per heavy atom. The molecule has 0 unspecified atom stereocenters. The minimum absolute atomic E-state index is 0.124. The Kier molecular flexibility index (Phi) is 7.36. The molecule has 2 aromatic rings. The summed E-state index contributed by atoms with van der Waals surface area (Å²) in [5.41, 5.74) is 1.80. The Balaban J connectivity index is 1.47. The van der Waals surface area contributed by atoms with E-state index in [1.165, 1.54) is 5.56 Å². The number of nitrogens with zero attached hydrogens (tertiary/aromatic N) is 1. The molecule has 3 rings (SSSR count). The van der Waals surface area contributed by atoms with Gasteiger partial charge in [-0.25, -0.2) is 0 Å². The summed E-state index contributed by atoms with van der Waals surface area (Å²) in [7, 11) is 4.80. The SMILES string of the molecule is COc1ccc(CN2CCC(CNC(=O)c3cccc(OC)c3OC)CC2)cc1. The summed E-state index contributed by atoms with van der Waals surface area (Å²) in [6.07, 6.45) is 2.15. The van der Waals surface area contributed by atoms with Crippen molar-refractivity contribution < 1.29 is 19.0 Å². The smallest absolute Gasteiger partial charge is 0.255 e. The summed E-state index contributed by atoms with van der Waals surface area (Å²) < 4.78 is 15.9. The maximum Gasteiger partial charge on any atom is 0.255 e. The number of amides is 1. The Morgan fingerprint density at radius 3 is 2.34 bits per heavy atom. The highest BCUT2D eigenvalue weighted by atomic mass is 16.5. The van der Waals surface area contributed by atoms with Crippen molar-refractivity contribution in [1.29, 1.82) is 0 Å². The molecule has 29 heavy (non-hydrogen) atoms. The molecule has 1 amide bonds. The van der Waals surface area contributed by atoms with Gasteiger partial charge in [-0.3, -0.25) is 9.69 Å². The van der Waals surface area contributed by atoms with E-state index in [9.17, 15) is 4.79 Å². The average molecular weight is 399 g/mol. The second-order valence-corrected chi connectivity index (χ2v) is 7.32. The normalized spacial score (nSPS) is 15.0. The molecule has 0 aliphatic carbocycles. The zero-order valence-electron chi connectivity index (χ0n) is 17.4. The number of para-hydroxylation sites is 1. The van der Waals surface area contributed by atoms with Crippen LogP contribution in [-0.2, 0) is 6.54 Å². The number of piperidine rings is 1. The first kappa shape index (κ1) is 21.0. The number of rotatable bonds is 8. The third-order valence-corrected chi connectivity index (χ3v) is 5.47. The van der Waals surface area contributed by atoms with E-state index in [1.807, 2.05) is 12.1 Å². The third-order valence-electron chi connectivity index (χ3n) is 5.47. The summed E-state index contributed by atoms with van der Waals surface area (Å²) in [6, 6.07) is 13.6. The molecule has 1 heterocycles. The Bertz CT molecular complexity index is 799. The summed E-state index contributed by atoms with van der Waals surface area (Å²) in [6.45, 7) is 3.70. The molecule has 0 spiro atoms. The molecule has 1 fully saturated rings. The van der Waals surface area contributed by atoms with E-state index in [2.05, 4.69) is 22.3 Å². The van der Waals surface area contributed by atoms with Gasteiger partial charge in [-0.2, -0.15) is 0 Å². The van der Waals surface area contributed by atoms with Gasteiger partial charge in [0.25, 0.3) is 5.91 Å². The van der Waals surface area contributed by atoms with Crippen LogP contribution in [0.25, 0.3) is 0 Å². The second kappa shape index (κ2) is 10.2. The van der Waals surface area contributed by atoms with E-state index in [0.29, 0.717) is 29.5 Å². The van der Waals surface area contributed by atoms with Gasteiger partial charge in [0.05, 0.1) is 26.9 Å². The number of ether oxygens (including phenoxy) is 3. The minimum Gasteiger partial charge on any atom is -0.497 e. The van der Waals surface area contributed by atoms with Crippen molar-refractivity contribution in [3.05, 3.63) is 53.6 Å². The number of nitrogens with one attached hydrogen (secondary N) is 1. The molecule has 1 aliphatic rings. The first-order valence-corrected chi connectivity index (χ1v) is 9.99. The van der Waals surface area contributed by atoms with E-state index in [0.717, 1.165) is 38.2 Å². The molecule has 0 aromatic heterocycles. The van der Waals surface area contributed by atoms with Gasteiger partial charge in [0.15, 0.2) is 11.5 Å². The van der Waals surface area contributed by atoms with Gasteiger partial charge in [0, 0.05) is 13.1 Å². The monoisotopic (exact) mass is 398 g/mol. The molecule has 0 saturated carbocycles. The van der Waals surface area contributed by atoms with Crippen LogP contribution in [0.4, 0.5) is 0 Å². The van der Waals surface area contributed by atoms with Crippen molar-refractivity contribution in [2.24, 2.45) is 5.92 Å². The van der Waals surface area contributed by atoms with Crippen LogP contribution in [0.5, 0.6) is 17.2 Å². The fourth-order valence-corrected chi connectivity index (χ4v) is 3.74. The van der Waals surface area contributed by atoms with Crippen molar-refractivity contribution in [2.45, 2.75) is 19.4 Å². The predicted octanol–water partition coefficient (Wildman–Crippen LogP) is 3.35. The van der Waals surface area contributed by atoms with Crippen LogP contribution in [0.3, 0.4) is 0 Å². The number of carbonyl (C=O) groups is 1. The van der Waals surface area contributed by atoms with Crippen molar-refractivity contribution in [2.75, 3.05) is 41.0 Å². The molecule has 1 saturated heterocycles. The summed E-state index contributed by atoms with van der Waals surface area (Å²) >= 11 is 0. The van der Waals surface area contributed by atoms with Crippen LogP contribution in [0.1, 0.15) is 28.8 Å².